The zero-order valence-corrected chi connectivity index (χ0v) is 23.9. The minimum absolute atomic E-state index is 0.00660. The van der Waals surface area contributed by atoms with Crippen LogP contribution in [0.3, 0.4) is 0 Å². The molecule has 2 aromatic heterocycles. The van der Waals surface area contributed by atoms with Crippen LogP contribution in [-0.2, 0) is 29.1 Å². The Morgan fingerprint density at radius 3 is 2.71 bits per heavy atom. The Labute approximate surface area is 238 Å². The fourth-order valence-corrected chi connectivity index (χ4v) is 4.67. The van der Waals surface area contributed by atoms with Gasteiger partial charge in [-0.15, -0.1) is 5.10 Å². The predicted octanol–water partition coefficient (Wildman–Crippen LogP) is 1.66. The lowest BCUT2D eigenvalue weighted by atomic mass is 10.0. The highest BCUT2D eigenvalue weighted by atomic mass is 19.1. The van der Waals surface area contributed by atoms with Crippen molar-refractivity contribution < 1.29 is 23.5 Å². The van der Waals surface area contributed by atoms with Crippen molar-refractivity contribution in [1.82, 2.24) is 40.3 Å². The van der Waals surface area contributed by atoms with E-state index in [0.29, 0.717) is 31.6 Å². The monoisotopic (exact) mass is 568 g/mol. The molecule has 13 heteroatoms. The number of amides is 3. The summed E-state index contributed by atoms with van der Waals surface area (Å²) in [5, 5.41) is 18.3. The zero-order valence-electron chi connectivity index (χ0n) is 23.9. The van der Waals surface area contributed by atoms with Gasteiger partial charge in [0, 0.05) is 37.9 Å². The third kappa shape index (κ3) is 8.12. The fourth-order valence-electron chi connectivity index (χ4n) is 4.67. The van der Waals surface area contributed by atoms with E-state index in [1.165, 1.54) is 12.1 Å². The van der Waals surface area contributed by atoms with E-state index in [0.717, 1.165) is 17.5 Å². The van der Waals surface area contributed by atoms with E-state index in [4.69, 9.17) is 4.74 Å². The molecule has 0 saturated carbocycles. The second-order valence-electron chi connectivity index (χ2n) is 10.6. The van der Waals surface area contributed by atoms with E-state index in [2.05, 4.69) is 26.0 Å². The van der Waals surface area contributed by atoms with Crippen molar-refractivity contribution in [2.24, 2.45) is 5.92 Å². The minimum atomic E-state index is -0.860. The number of hydrogen-bond donors (Lipinski definition) is 2. The molecule has 0 saturated heterocycles. The average Bonchev–Trinajstić information content (AvgIpc) is 3.50. The fraction of sp³-hybridized carbons (Fsp3) is 0.500. The van der Waals surface area contributed by atoms with Crippen molar-refractivity contribution in [2.75, 3.05) is 26.2 Å². The Balaban J connectivity index is 1.56. The van der Waals surface area contributed by atoms with Gasteiger partial charge in [-0.1, -0.05) is 19.1 Å². The minimum Gasteiger partial charge on any atom is -0.491 e. The van der Waals surface area contributed by atoms with Gasteiger partial charge in [-0.3, -0.25) is 19.1 Å². The summed E-state index contributed by atoms with van der Waals surface area (Å²) < 4.78 is 23.2. The van der Waals surface area contributed by atoms with Crippen molar-refractivity contribution in [1.29, 1.82) is 0 Å². The second-order valence-corrected chi connectivity index (χ2v) is 10.6. The summed E-state index contributed by atoms with van der Waals surface area (Å²) in [6, 6.07) is 4.75. The maximum atomic E-state index is 14.1. The standard InChI is InChI=1S/C28H37FN8O4/c1-18(2)13-24-28(40)30-8-10-35(26(38)17-37-20(4)14-19(3)33-37)9-7-22-16-36(34-32-22)11-12-41-25-6-5-21(29)15-23(25)27(39)31-24/h5-6,14-16,18,24H,7-13,17H2,1-4H3,(H,30,40)(H,31,39)/t24-/m1/s1. The second kappa shape index (κ2) is 13.4. The van der Waals surface area contributed by atoms with Crippen LogP contribution in [-0.4, -0.2) is 79.7 Å². The summed E-state index contributed by atoms with van der Waals surface area (Å²) in [7, 11) is 0. The molecular formula is C28H37FN8O4. The van der Waals surface area contributed by atoms with E-state index in [-0.39, 0.29) is 55.3 Å². The van der Waals surface area contributed by atoms with Crippen LogP contribution >= 0.6 is 0 Å². The number of aromatic nitrogens is 5. The zero-order chi connectivity index (χ0) is 29.5. The average molecular weight is 569 g/mol. The molecule has 0 spiro atoms. The molecule has 2 bridgehead atoms. The third-order valence-corrected chi connectivity index (χ3v) is 6.74. The van der Waals surface area contributed by atoms with Crippen LogP contribution in [0.4, 0.5) is 4.39 Å². The van der Waals surface area contributed by atoms with Crippen LogP contribution in [0.2, 0.25) is 0 Å². The molecule has 2 N–H and O–H groups in total. The first kappa shape index (κ1) is 29.7. The number of aryl methyl sites for hydroxylation is 2. The van der Waals surface area contributed by atoms with Gasteiger partial charge in [-0.05, 0) is 50.5 Å². The van der Waals surface area contributed by atoms with Gasteiger partial charge in [0.05, 0.1) is 23.5 Å². The molecule has 1 aliphatic heterocycles. The van der Waals surface area contributed by atoms with Gasteiger partial charge in [0.15, 0.2) is 0 Å². The van der Waals surface area contributed by atoms with Gasteiger partial charge in [-0.2, -0.15) is 5.10 Å². The van der Waals surface area contributed by atoms with Gasteiger partial charge in [0.2, 0.25) is 11.8 Å². The van der Waals surface area contributed by atoms with Crippen molar-refractivity contribution in [3.63, 3.8) is 0 Å². The largest absolute Gasteiger partial charge is 0.491 e. The summed E-state index contributed by atoms with van der Waals surface area (Å²) in [5.74, 6) is -1.46. The van der Waals surface area contributed by atoms with Crippen molar-refractivity contribution >= 4 is 17.7 Å². The summed E-state index contributed by atoms with van der Waals surface area (Å²) in [6.45, 7) is 9.00. The molecule has 3 heterocycles. The number of ether oxygens (including phenoxy) is 1. The number of carbonyl (C=O) groups excluding carboxylic acids is 3. The van der Waals surface area contributed by atoms with Crippen LogP contribution in [0.1, 0.15) is 47.7 Å². The normalized spacial score (nSPS) is 17.2. The Morgan fingerprint density at radius 2 is 1.98 bits per heavy atom. The van der Waals surface area contributed by atoms with E-state index >= 15 is 0 Å². The summed E-state index contributed by atoms with van der Waals surface area (Å²) >= 11 is 0. The summed E-state index contributed by atoms with van der Waals surface area (Å²) in [5.41, 5.74) is 2.39. The first-order chi connectivity index (χ1) is 19.6. The molecule has 3 aromatic rings. The van der Waals surface area contributed by atoms with Crippen LogP contribution in [0.5, 0.6) is 5.75 Å². The topological polar surface area (TPSA) is 136 Å². The predicted molar refractivity (Wildman–Crippen MR) is 148 cm³/mol. The molecule has 3 amide bonds. The first-order valence-electron chi connectivity index (χ1n) is 13.8. The number of fused-ring (bicyclic) bond motifs is 3. The SMILES string of the molecule is Cc1cc(C)n(CC(=O)N2CCNC(=O)[C@@H](CC(C)C)NC(=O)c3cc(F)ccc3OCCn3cc(nn3)CC2)n1. The van der Waals surface area contributed by atoms with Crippen LogP contribution in [0.25, 0.3) is 0 Å². The third-order valence-electron chi connectivity index (χ3n) is 6.74. The van der Waals surface area contributed by atoms with Crippen molar-refractivity contribution in [3.8, 4) is 5.75 Å². The summed E-state index contributed by atoms with van der Waals surface area (Å²) in [4.78, 5) is 41.4. The van der Waals surface area contributed by atoms with Crippen LogP contribution in [0, 0.1) is 25.6 Å². The highest BCUT2D eigenvalue weighted by Crippen LogP contribution is 2.21. The number of halogens is 1. The Hall–Kier alpha value is -4.29. The Morgan fingerprint density at radius 1 is 1.17 bits per heavy atom. The lowest BCUT2D eigenvalue weighted by Crippen LogP contribution is -2.49. The highest BCUT2D eigenvalue weighted by molar-refractivity contribution is 5.99. The maximum absolute atomic E-state index is 14.1. The van der Waals surface area contributed by atoms with Gasteiger partial charge in [0.25, 0.3) is 5.91 Å². The van der Waals surface area contributed by atoms with Crippen molar-refractivity contribution in [2.45, 2.75) is 59.7 Å². The molecular weight excluding hydrogens is 531 g/mol. The first-order valence-corrected chi connectivity index (χ1v) is 13.8. The van der Waals surface area contributed by atoms with E-state index < -0.39 is 17.8 Å². The maximum Gasteiger partial charge on any atom is 0.255 e. The molecule has 1 aromatic carbocycles. The quantitative estimate of drug-likeness (QED) is 0.489. The number of hydrogen-bond acceptors (Lipinski definition) is 7. The lowest BCUT2D eigenvalue weighted by Gasteiger charge is -2.25. The number of benzene rings is 1. The lowest BCUT2D eigenvalue weighted by molar-refractivity contribution is -0.132. The molecule has 0 aliphatic carbocycles. The molecule has 12 nitrogen and oxygen atoms in total. The molecule has 1 atom stereocenters. The molecule has 41 heavy (non-hydrogen) atoms. The number of nitrogens with one attached hydrogen (secondary N) is 2. The summed E-state index contributed by atoms with van der Waals surface area (Å²) in [6.07, 6.45) is 2.61. The molecule has 0 radical (unpaired) electrons. The Bertz CT molecular complexity index is 1390. The molecule has 220 valence electrons. The van der Waals surface area contributed by atoms with Crippen LogP contribution in [0.15, 0.2) is 30.5 Å². The molecule has 4 rings (SSSR count). The number of rotatable bonds is 4. The number of carbonyl (C=O) groups is 3. The van der Waals surface area contributed by atoms with E-state index in [1.54, 1.807) is 20.5 Å². The van der Waals surface area contributed by atoms with Gasteiger partial charge in [-0.25, -0.2) is 9.07 Å². The molecule has 1 aliphatic rings. The van der Waals surface area contributed by atoms with Crippen molar-refractivity contribution in [3.05, 3.63) is 58.9 Å². The van der Waals surface area contributed by atoms with Gasteiger partial charge < -0.3 is 20.3 Å². The Kier molecular flexibility index (Phi) is 9.69. The highest BCUT2D eigenvalue weighted by Gasteiger charge is 2.25. The van der Waals surface area contributed by atoms with E-state index in [1.807, 2.05) is 33.8 Å². The number of nitrogens with zero attached hydrogens (tertiary/aromatic N) is 6. The van der Waals surface area contributed by atoms with Gasteiger partial charge in [0.1, 0.15) is 30.8 Å². The van der Waals surface area contributed by atoms with Crippen LogP contribution < -0.4 is 15.4 Å². The van der Waals surface area contributed by atoms with Gasteiger partial charge >= 0.3 is 0 Å². The molecule has 0 unspecified atom stereocenters. The van der Waals surface area contributed by atoms with E-state index in [9.17, 15) is 18.8 Å². The molecule has 0 fully saturated rings. The smallest absolute Gasteiger partial charge is 0.255 e.